The summed E-state index contributed by atoms with van der Waals surface area (Å²) in [6, 6.07) is 2.50. The summed E-state index contributed by atoms with van der Waals surface area (Å²) >= 11 is 0. The summed E-state index contributed by atoms with van der Waals surface area (Å²) in [5, 5.41) is 0.0694. The van der Waals surface area contributed by atoms with Crippen molar-refractivity contribution < 1.29 is 13.7 Å². The molecule has 0 unspecified atom stereocenters. The summed E-state index contributed by atoms with van der Waals surface area (Å²) in [7, 11) is 0. The minimum Gasteiger partial charge on any atom is -0.398 e. The lowest BCUT2D eigenvalue weighted by Gasteiger charge is -2.24. The Balaban J connectivity index is 2.33. The molecular formula is C15H15N3O3. The molecule has 1 heterocycles. The van der Waals surface area contributed by atoms with Crippen molar-refractivity contribution in [2.24, 2.45) is 0 Å². The Morgan fingerprint density at radius 1 is 1.43 bits per heavy atom. The van der Waals surface area contributed by atoms with E-state index in [9.17, 15) is 14.4 Å². The smallest absolute Gasteiger partial charge is 0.264 e. The molecule has 1 aliphatic rings. The second-order valence-corrected chi connectivity index (χ2v) is 4.86. The predicted octanol–water partition coefficient (Wildman–Crippen LogP) is 1.15. The lowest BCUT2D eigenvalue weighted by atomic mass is 9.92. The average Bonchev–Trinajstić information content (AvgIpc) is 2.44. The number of aryl methyl sites for hydroxylation is 1. The van der Waals surface area contributed by atoms with E-state index in [0.29, 0.717) is 5.52 Å². The van der Waals surface area contributed by atoms with Crippen molar-refractivity contribution in [2.75, 3.05) is 5.73 Å². The van der Waals surface area contributed by atoms with Crippen LogP contribution in [0.15, 0.2) is 23.0 Å². The predicted molar refractivity (Wildman–Crippen MR) is 78.1 cm³/mol. The van der Waals surface area contributed by atoms with E-state index in [1.807, 2.05) is 0 Å². The second kappa shape index (κ2) is 4.80. The highest BCUT2D eigenvalue weighted by Gasteiger charge is 2.30. The van der Waals surface area contributed by atoms with Gasteiger partial charge in [-0.15, -0.1) is 0 Å². The number of hydrogen-bond donors (Lipinski definition) is 1. The van der Waals surface area contributed by atoms with Crippen molar-refractivity contribution in [3.63, 3.8) is 0 Å². The summed E-state index contributed by atoms with van der Waals surface area (Å²) in [6.07, 6.45) is -3.83. The second-order valence-electron chi connectivity index (χ2n) is 4.86. The zero-order valence-corrected chi connectivity index (χ0v) is 11.3. The number of Topliss-reactive ketones (excluding diaryl/α,β-unsaturated/α-hetero) is 2. The van der Waals surface area contributed by atoms with Gasteiger partial charge in [-0.3, -0.25) is 19.0 Å². The van der Waals surface area contributed by atoms with Gasteiger partial charge in [0.1, 0.15) is 11.6 Å². The number of nitrogens with zero attached hydrogens (tertiary/aromatic N) is 2. The molecule has 21 heavy (non-hydrogen) atoms. The maximum Gasteiger partial charge on any atom is 0.264 e. The molecule has 1 aromatic heterocycles. The van der Waals surface area contributed by atoms with Gasteiger partial charge in [-0.1, -0.05) is 6.07 Å². The topological polar surface area (TPSA) is 95.1 Å². The van der Waals surface area contributed by atoms with E-state index in [2.05, 4.69) is 4.98 Å². The number of carbonyl (C=O) groups excluding carboxylic acids is 2. The van der Waals surface area contributed by atoms with E-state index < -0.39 is 42.4 Å². The fourth-order valence-electron chi connectivity index (χ4n) is 2.48. The molecule has 1 fully saturated rings. The van der Waals surface area contributed by atoms with Crippen LogP contribution >= 0.6 is 0 Å². The standard InChI is InChI=1S/C15H15N3O3/c1-8-17-11-4-2-3-10(16)14(11)15(21)18(8)12-6-5-9(19)7-13(12)20/h2-4,12H,5-7,16H2,1H3/t12-/m1/s1/i5D2,12D. The Kier molecular flexibility index (Phi) is 2.35. The highest BCUT2D eigenvalue weighted by Crippen LogP contribution is 2.24. The summed E-state index contributed by atoms with van der Waals surface area (Å²) in [5.41, 5.74) is 5.63. The van der Waals surface area contributed by atoms with Crippen LogP contribution in [0.2, 0.25) is 0 Å². The largest absolute Gasteiger partial charge is 0.398 e. The molecule has 0 bridgehead atoms. The third-order valence-corrected chi connectivity index (χ3v) is 3.46. The van der Waals surface area contributed by atoms with Crippen molar-refractivity contribution in [1.82, 2.24) is 9.55 Å². The molecule has 0 aliphatic heterocycles. The number of benzene rings is 1. The van der Waals surface area contributed by atoms with Crippen molar-refractivity contribution in [1.29, 1.82) is 0 Å². The SMILES string of the molecule is [2H]C1([2H])C[C@@]([2H])(n2c(C)nc3cccc(N)c3c2=O)C(=O)CC1=O. The Morgan fingerprint density at radius 2 is 2.19 bits per heavy atom. The first kappa shape index (κ1) is 10.3. The molecule has 1 aromatic carbocycles. The normalized spacial score (nSPS) is 27.2. The molecule has 0 amide bonds. The van der Waals surface area contributed by atoms with E-state index in [1.54, 1.807) is 12.1 Å². The van der Waals surface area contributed by atoms with E-state index in [-0.39, 0.29) is 16.9 Å². The van der Waals surface area contributed by atoms with Gasteiger partial charge in [0.15, 0.2) is 5.78 Å². The van der Waals surface area contributed by atoms with E-state index in [0.717, 1.165) is 4.57 Å². The molecular weight excluding hydrogens is 270 g/mol. The van der Waals surface area contributed by atoms with Gasteiger partial charge in [-0.2, -0.15) is 0 Å². The van der Waals surface area contributed by atoms with Gasteiger partial charge in [0.05, 0.1) is 24.7 Å². The van der Waals surface area contributed by atoms with Gasteiger partial charge >= 0.3 is 0 Å². The van der Waals surface area contributed by atoms with Gasteiger partial charge in [0, 0.05) is 14.8 Å². The lowest BCUT2D eigenvalue weighted by Crippen LogP contribution is -2.36. The molecule has 2 aromatic rings. The molecule has 3 rings (SSSR count). The van der Waals surface area contributed by atoms with Gasteiger partial charge < -0.3 is 5.73 Å². The van der Waals surface area contributed by atoms with Gasteiger partial charge in [0.2, 0.25) is 0 Å². The molecule has 1 aliphatic carbocycles. The quantitative estimate of drug-likeness (QED) is 0.627. The molecule has 6 heteroatoms. The van der Waals surface area contributed by atoms with Crippen molar-refractivity contribution in [2.45, 2.75) is 32.2 Å². The number of anilines is 1. The first-order valence-electron chi connectivity index (χ1n) is 7.93. The number of nitrogens with two attached hydrogens (primary N) is 1. The number of fused-ring (bicyclic) bond motifs is 1. The maximum atomic E-state index is 12.9. The summed E-state index contributed by atoms with van der Waals surface area (Å²) in [6.45, 7) is 1.46. The van der Waals surface area contributed by atoms with Crippen LogP contribution in [0.5, 0.6) is 0 Å². The fraction of sp³-hybridized carbons (Fsp3) is 0.333. The van der Waals surface area contributed by atoms with Gasteiger partial charge in [-0.25, -0.2) is 4.98 Å². The zero-order chi connectivity index (χ0) is 17.9. The average molecular weight is 288 g/mol. The molecule has 1 saturated carbocycles. The van der Waals surface area contributed by atoms with Crippen molar-refractivity contribution in [3.05, 3.63) is 34.4 Å². The summed E-state index contributed by atoms with van der Waals surface area (Å²) < 4.78 is 24.8. The first-order valence-corrected chi connectivity index (χ1v) is 6.43. The van der Waals surface area contributed by atoms with Crippen LogP contribution in [0.25, 0.3) is 10.9 Å². The number of rotatable bonds is 1. The van der Waals surface area contributed by atoms with Crippen LogP contribution in [-0.2, 0) is 9.59 Å². The molecule has 108 valence electrons. The van der Waals surface area contributed by atoms with Gasteiger partial charge in [0.25, 0.3) is 5.56 Å². The first-order chi connectivity index (χ1) is 11.1. The Bertz CT molecular complexity index is 954. The number of ketones is 2. The van der Waals surface area contributed by atoms with E-state index in [1.165, 1.54) is 13.0 Å². The highest BCUT2D eigenvalue weighted by molar-refractivity contribution is 6.03. The zero-order valence-electron chi connectivity index (χ0n) is 14.3. The Morgan fingerprint density at radius 3 is 2.95 bits per heavy atom. The highest BCUT2D eigenvalue weighted by atomic mass is 16.2. The van der Waals surface area contributed by atoms with Crippen molar-refractivity contribution >= 4 is 28.2 Å². The number of nitrogen functional groups attached to an aromatic ring is 1. The molecule has 1 atom stereocenters. The third-order valence-electron chi connectivity index (χ3n) is 3.46. The van der Waals surface area contributed by atoms with Crippen LogP contribution in [0, 0.1) is 6.92 Å². The van der Waals surface area contributed by atoms with Crippen LogP contribution in [-0.4, -0.2) is 21.1 Å². The number of carbonyl (C=O) groups is 2. The lowest BCUT2D eigenvalue weighted by molar-refractivity contribution is -0.132. The van der Waals surface area contributed by atoms with Crippen LogP contribution in [0.3, 0.4) is 0 Å². The molecule has 6 nitrogen and oxygen atoms in total. The minimum absolute atomic E-state index is 0.0694. The maximum absolute atomic E-state index is 12.9. The monoisotopic (exact) mass is 288 g/mol. The van der Waals surface area contributed by atoms with Crippen molar-refractivity contribution in [3.8, 4) is 0 Å². The molecule has 0 saturated heterocycles. The summed E-state index contributed by atoms with van der Waals surface area (Å²) in [4.78, 5) is 41.1. The molecule has 0 radical (unpaired) electrons. The molecule has 0 spiro atoms. The summed E-state index contributed by atoms with van der Waals surface area (Å²) in [5.74, 6) is -1.62. The molecule has 2 N–H and O–H groups in total. The van der Waals surface area contributed by atoms with E-state index in [4.69, 9.17) is 9.85 Å². The Hall–Kier alpha value is -2.50. The van der Waals surface area contributed by atoms with Gasteiger partial charge in [-0.05, 0) is 25.5 Å². The fourth-order valence-corrected chi connectivity index (χ4v) is 2.48. The van der Waals surface area contributed by atoms with Crippen LogP contribution in [0.4, 0.5) is 5.69 Å². The van der Waals surface area contributed by atoms with Crippen LogP contribution < -0.4 is 11.3 Å². The minimum atomic E-state index is -2.36. The Labute approximate surface area is 124 Å². The third kappa shape index (κ3) is 2.12. The number of hydrogen-bond acceptors (Lipinski definition) is 5. The van der Waals surface area contributed by atoms with E-state index >= 15 is 0 Å². The number of aromatic nitrogens is 2. The van der Waals surface area contributed by atoms with Crippen LogP contribution in [0.1, 0.15) is 35.2 Å².